The molecule has 1 aromatic heterocycles. The van der Waals surface area contributed by atoms with Gasteiger partial charge in [-0.3, -0.25) is 4.79 Å². The molecule has 0 radical (unpaired) electrons. The van der Waals surface area contributed by atoms with Gasteiger partial charge in [0.1, 0.15) is 12.4 Å². The van der Waals surface area contributed by atoms with E-state index in [2.05, 4.69) is 11.1 Å². The maximum Gasteiger partial charge on any atom is 0.340 e. The van der Waals surface area contributed by atoms with Gasteiger partial charge < -0.3 is 14.0 Å². The molecule has 0 fully saturated rings. The lowest BCUT2D eigenvalue weighted by atomic mass is 9.99. The smallest absolute Gasteiger partial charge is 0.340 e. The molecule has 0 atom stereocenters. The molecule has 7 heteroatoms. The fraction of sp³-hybridized carbons (Fsp3) is 0.185. The molecule has 0 unspecified atom stereocenters. The molecular weight excluding hydrogens is 430 g/mol. The molecule has 170 valence electrons. The van der Waals surface area contributed by atoms with Crippen molar-refractivity contribution in [1.82, 2.24) is 9.55 Å². The van der Waals surface area contributed by atoms with Gasteiger partial charge in [0.05, 0.1) is 34.8 Å². The molecular formula is C27H23N3O4. The van der Waals surface area contributed by atoms with E-state index in [4.69, 9.17) is 9.47 Å². The van der Waals surface area contributed by atoms with Crippen LogP contribution in [-0.2, 0) is 27.4 Å². The molecule has 1 heterocycles. The molecule has 34 heavy (non-hydrogen) atoms. The van der Waals surface area contributed by atoms with Crippen molar-refractivity contribution in [3.8, 4) is 17.2 Å². The van der Waals surface area contributed by atoms with E-state index in [1.165, 1.54) is 6.92 Å². The Morgan fingerprint density at radius 3 is 2.47 bits per heavy atom. The number of rotatable bonds is 7. The average Bonchev–Trinajstić information content (AvgIpc) is 3.20. The lowest BCUT2D eigenvalue weighted by Crippen LogP contribution is -2.12. The number of esters is 2. The number of carbonyl (C=O) groups is 2. The summed E-state index contributed by atoms with van der Waals surface area (Å²) in [6.07, 6.45) is 0. The maximum absolute atomic E-state index is 12.6. The Kier molecular flexibility index (Phi) is 6.69. The van der Waals surface area contributed by atoms with Crippen LogP contribution >= 0.6 is 0 Å². The van der Waals surface area contributed by atoms with E-state index < -0.39 is 11.9 Å². The van der Waals surface area contributed by atoms with Gasteiger partial charge in [-0.05, 0) is 41.8 Å². The monoisotopic (exact) mass is 453 g/mol. The van der Waals surface area contributed by atoms with E-state index in [9.17, 15) is 14.9 Å². The standard InChI is InChI=1S/C27H23N3O4/c1-3-33-27(32)23-9-6-10-24-26(23)30(25(29-24)17-34-18(2)31)16-19-11-13-20(14-12-19)22-8-5-4-7-21(22)15-28/h4-14H,3,16-17H2,1-2H3. The maximum atomic E-state index is 12.6. The van der Waals surface area contributed by atoms with Crippen molar-refractivity contribution in [3.63, 3.8) is 0 Å². The summed E-state index contributed by atoms with van der Waals surface area (Å²) in [5.74, 6) is -0.317. The summed E-state index contributed by atoms with van der Waals surface area (Å²) in [5, 5.41) is 9.40. The number of ether oxygens (including phenoxy) is 2. The van der Waals surface area contributed by atoms with Crippen LogP contribution in [0.3, 0.4) is 0 Å². The second-order valence-corrected chi connectivity index (χ2v) is 7.64. The highest BCUT2D eigenvalue weighted by Gasteiger charge is 2.20. The van der Waals surface area contributed by atoms with E-state index in [-0.39, 0.29) is 13.2 Å². The molecule has 0 aliphatic carbocycles. The minimum Gasteiger partial charge on any atom is -0.462 e. The Labute approximate surface area is 197 Å². The highest BCUT2D eigenvalue weighted by atomic mass is 16.5. The summed E-state index contributed by atoms with van der Waals surface area (Å²) in [6, 6.07) is 22.8. The van der Waals surface area contributed by atoms with E-state index in [0.717, 1.165) is 16.7 Å². The third-order valence-electron chi connectivity index (χ3n) is 5.40. The summed E-state index contributed by atoms with van der Waals surface area (Å²) < 4.78 is 12.3. The molecule has 4 aromatic rings. The molecule has 7 nitrogen and oxygen atoms in total. The molecule has 0 aliphatic rings. The second kappa shape index (κ2) is 10.0. The lowest BCUT2D eigenvalue weighted by Gasteiger charge is -2.12. The second-order valence-electron chi connectivity index (χ2n) is 7.64. The Balaban J connectivity index is 1.75. The van der Waals surface area contributed by atoms with Crippen molar-refractivity contribution in [1.29, 1.82) is 5.26 Å². The predicted molar refractivity (Wildman–Crippen MR) is 127 cm³/mol. The quantitative estimate of drug-likeness (QED) is 0.371. The Hall–Kier alpha value is -4.44. The molecule has 0 aliphatic heterocycles. The lowest BCUT2D eigenvalue weighted by molar-refractivity contribution is -0.142. The number of para-hydroxylation sites is 1. The van der Waals surface area contributed by atoms with Gasteiger partial charge in [0, 0.05) is 13.5 Å². The zero-order valence-corrected chi connectivity index (χ0v) is 18.9. The zero-order chi connectivity index (χ0) is 24.1. The van der Waals surface area contributed by atoms with Gasteiger partial charge in [0.25, 0.3) is 0 Å². The largest absolute Gasteiger partial charge is 0.462 e. The third-order valence-corrected chi connectivity index (χ3v) is 5.40. The van der Waals surface area contributed by atoms with Gasteiger partial charge in [-0.25, -0.2) is 9.78 Å². The molecule has 0 saturated carbocycles. The van der Waals surface area contributed by atoms with Gasteiger partial charge >= 0.3 is 11.9 Å². The average molecular weight is 453 g/mol. The van der Waals surface area contributed by atoms with Crippen molar-refractivity contribution < 1.29 is 19.1 Å². The van der Waals surface area contributed by atoms with Crippen LogP contribution in [0.15, 0.2) is 66.7 Å². The fourth-order valence-electron chi connectivity index (χ4n) is 3.86. The normalized spacial score (nSPS) is 10.6. The molecule has 0 saturated heterocycles. The van der Waals surface area contributed by atoms with Crippen molar-refractivity contribution in [2.75, 3.05) is 6.61 Å². The molecule has 4 rings (SSSR count). The topological polar surface area (TPSA) is 94.2 Å². The number of benzene rings is 3. The van der Waals surface area contributed by atoms with Gasteiger partial charge in [0.15, 0.2) is 0 Å². The summed E-state index contributed by atoms with van der Waals surface area (Å²) in [6.45, 7) is 3.75. The van der Waals surface area contributed by atoms with Crippen LogP contribution in [0, 0.1) is 11.3 Å². The van der Waals surface area contributed by atoms with Gasteiger partial charge in [-0.15, -0.1) is 0 Å². The SMILES string of the molecule is CCOC(=O)c1cccc2nc(COC(C)=O)n(Cc3ccc(-c4ccccc4C#N)cc3)c12. The molecule has 0 N–H and O–H groups in total. The predicted octanol–water partition coefficient (Wildman–Crippen LogP) is 4.86. The summed E-state index contributed by atoms with van der Waals surface area (Å²) in [7, 11) is 0. The number of hydrogen-bond donors (Lipinski definition) is 0. The van der Waals surface area contributed by atoms with Crippen LogP contribution in [0.5, 0.6) is 0 Å². The first kappa shape index (κ1) is 22.7. The summed E-state index contributed by atoms with van der Waals surface area (Å²) in [4.78, 5) is 28.7. The van der Waals surface area contributed by atoms with E-state index in [0.29, 0.717) is 34.5 Å². The summed E-state index contributed by atoms with van der Waals surface area (Å²) in [5.41, 5.74) is 5.02. The Morgan fingerprint density at radius 2 is 1.76 bits per heavy atom. The van der Waals surface area contributed by atoms with Gasteiger partial charge in [0.2, 0.25) is 0 Å². The van der Waals surface area contributed by atoms with E-state index in [1.807, 2.05) is 53.1 Å². The number of fused-ring (bicyclic) bond motifs is 1. The Morgan fingerprint density at radius 1 is 1.00 bits per heavy atom. The highest BCUT2D eigenvalue weighted by molar-refractivity contribution is 6.02. The Bertz CT molecular complexity index is 1400. The first-order valence-corrected chi connectivity index (χ1v) is 10.9. The molecule has 0 bridgehead atoms. The molecule has 0 spiro atoms. The number of nitrogens with zero attached hydrogens (tertiary/aromatic N) is 3. The van der Waals surface area contributed by atoms with Crippen LogP contribution in [0.1, 0.15) is 41.2 Å². The number of imidazole rings is 1. The number of aromatic nitrogens is 2. The van der Waals surface area contributed by atoms with Crippen LogP contribution in [0.2, 0.25) is 0 Å². The van der Waals surface area contributed by atoms with Gasteiger partial charge in [-0.2, -0.15) is 5.26 Å². The number of nitriles is 1. The van der Waals surface area contributed by atoms with E-state index in [1.54, 1.807) is 25.1 Å². The summed E-state index contributed by atoms with van der Waals surface area (Å²) >= 11 is 0. The van der Waals surface area contributed by atoms with Crippen molar-refractivity contribution in [2.24, 2.45) is 0 Å². The fourth-order valence-corrected chi connectivity index (χ4v) is 3.86. The van der Waals surface area contributed by atoms with Crippen LogP contribution < -0.4 is 0 Å². The zero-order valence-electron chi connectivity index (χ0n) is 18.9. The molecule has 3 aromatic carbocycles. The minimum atomic E-state index is -0.434. The number of carbonyl (C=O) groups excluding carboxylic acids is 2. The van der Waals surface area contributed by atoms with Crippen molar-refractivity contribution in [3.05, 3.63) is 89.2 Å². The highest BCUT2D eigenvalue weighted by Crippen LogP contribution is 2.26. The first-order chi connectivity index (χ1) is 16.5. The first-order valence-electron chi connectivity index (χ1n) is 10.9. The van der Waals surface area contributed by atoms with Crippen LogP contribution in [0.4, 0.5) is 0 Å². The van der Waals surface area contributed by atoms with Crippen molar-refractivity contribution in [2.45, 2.75) is 27.0 Å². The number of hydrogen-bond acceptors (Lipinski definition) is 6. The van der Waals surface area contributed by atoms with Gasteiger partial charge in [-0.1, -0.05) is 48.5 Å². The van der Waals surface area contributed by atoms with E-state index >= 15 is 0 Å². The molecule has 0 amide bonds. The van der Waals surface area contributed by atoms with Crippen LogP contribution in [0.25, 0.3) is 22.2 Å². The van der Waals surface area contributed by atoms with Crippen LogP contribution in [-0.4, -0.2) is 28.1 Å². The third kappa shape index (κ3) is 4.66. The minimum absolute atomic E-state index is 0.0140. The van der Waals surface area contributed by atoms with Crippen molar-refractivity contribution >= 4 is 23.0 Å².